The van der Waals surface area contributed by atoms with Crippen molar-refractivity contribution in [1.82, 2.24) is 15.0 Å². The minimum atomic E-state index is -4.64. The van der Waals surface area contributed by atoms with Crippen LogP contribution in [0, 0.1) is 0 Å². The maximum absolute atomic E-state index is 13.0. The van der Waals surface area contributed by atoms with E-state index in [1.807, 2.05) is 0 Å². The first-order valence-corrected chi connectivity index (χ1v) is 9.11. The Kier molecular flexibility index (Phi) is 5.15. The molecule has 0 aliphatic heterocycles. The Morgan fingerprint density at radius 3 is 2.68 bits per heavy atom. The van der Waals surface area contributed by atoms with E-state index in [9.17, 15) is 22.8 Å². The highest BCUT2D eigenvalue weighted by Crippen LogP contribution is 2.32. The highest BCUT2D eigenvalue weighted by atomic mass is 35.5. The van der Waals surface area contributed by atoms with Crippen LogP contribution >= 0.6 is 11.6 Å². The van der Waals surface area contributed by atoms with Crippen LogP contribution in [-0.4, -0.2) is 20.9 Å². The molecule has 3 N–H and O–H groups in total. The van der Waals surface area contributed by atoms with Crippen LogP contribution in [0.1, 0.15) is 15.9 Å². The van der Waals surface area contributed by atoms with Crippen LogP contribution in [0.15, 0.2) is 59.5 Å². The average molecular weight is 449 g/mol. The van der Waals surface area contributed by atoms with Crippen molar-refractivity contribution < 1.29 is 22.7 Å². The number of pyridine rings is 1. The van der Waals surface area contributed by atoms with Crippen molar-refractivity contribution >= 4 is 34.4 Å². The first-order valence-electron chi connectivity index (χ1n) is 8.73. The van der Waals surface area contributed by atoms with Crippen molar-refractivity contribution in [3.05, 3.63) is 81.4 Å². The molecular weight excluding hydrogens is 437 g/mol. The largest absolute Gasteiger partial charge is 0.455 e. The minimum absolute atomic E-state index is 0.209. The van der Waals surface area contributed by atoms with E-state index in [0.29, 0.717) is 22.7 Å². The van der Waals surface area contributed by atoms with Crippen molar-refractivity contribution in [2.24, 2.45) is 0 Å². The summed E-state index contributed by atoms with van der Waals surface area (Å²) in [4.78, 5) is 33.0. The second-order valence-corrected chi connectivity index (χ2v) is 6.86. The van der Waals surface area contributed by atoms with Crippen LogP contribution < -0.4 is 15.7 Å². The molecule has 0 saturated carbocycles. The van der Waals surface area contributed by atoms with E-state index in [2.05, 4.69) is 20.3 Å². The molecule has 0 unspecified atom stereocenters. The lowest BCUT2D eigenvalue weighted by Gasteiger charge is -2.11. The lowest BCUT2D eigenvalue weighted by Crippen LogP contribution is -2.14. The van der Waals surface area contributed by atoms with Crippen LogP contribution in [0.4, 0.5) is 18.9 Å². The van der Waals surface area contributed by atoms with E-state index in [-0.39, 0.29) is 16.3 Å². The first-order chi connectivity index (χ1) is 14.7. The number of amides is 1. The molecule has 11 heteroatoms. The Morgan fingerprint density at radius 1 is 1.10 bits per heavy atom. The fourth-order valence-electron chi connectivity index (χ4n) is 2.85. The molecule has 2 aromatic carbocycles. The third kappa shape index (κ3) is 4.53. The topological polar surface area (TPSA) is 99.9 Å². The number of hydrogen-bond donors (Lipinski definition) is 3. The predicted molar refractivity (Wildman–Crippen MR) is 108 cm³/mol. The van der Waals surface area contributed by atoms with Crippen molar-refractivity contribution in [3.8, 4) is 11.5 Å². The molecule has 0 bridgehead atoms. The van der Waals surface area contributed by atoms with Gasteiger partial charge in [0.05, 0.1) is 5.56 Å². The van der Waals surface area contributed by atoms with Crippen LogP contribution in [0.2, 0.25) is 5.02 Å². The number of imidazole rings is 1. The molecule has 1 amide bonds. The number of carbonyl (C=O) groups is 1. The van der Waals surface area contributed by atoms with Gasteiger partial charge in [0.2, 0.25) is 0 Å². The SMILES string of the molecule is O=C(Nc1cccc(Oc2ccnc3[nH]c(=O)[nH]c23)c1)c1cc(Cl)cc(C(F)(F)F)c1. The van der Waals surface area contributed by atoms with E-state index in [1.165, 1.54) is 12.3 Å². The number of alkyl halides is 3. The van der Waals surface area contributed by atoms with Gasteiger partial charge in [0.1, 0.15) is 11.3 Å². The third-order valence-corrected chi connectivity index (χ3v) is 4.41. The fourth-order valence-corrected chi connectivity index (χ4v) is 3.08. The molecule has 4 rings (SSSR count). The lowest BCUT2D eigenvalue weighted by atomic mass is 10.1. The number of halogens is 4. The average Bonchev–Trinajstić information content (AvgIpc) is 3.08. The van der Waals surface area contributed by atoms with E-state index < -0.39 is 23.3 Å². The van der Waals surface area contributed by atoms with Gasteiger partial charge in [-0.2, -0.15) is 13.2 Å². The lowest BCUT2D eigenvalue weighted by molar-refractivity contribution is -0.137. The smallest absolute Gasteiger partial charge is 0.416 e. The third-order valence-electron chi connectivity index (χ3n) is 4.19. The number of carbonyl (C=O) groups excluding carboxylic acids is 1. The maximum Gasteiger partial charge on any atom is 0.416 e. The normalized spacial score (nSPS) is 11.5. The molecule has 0 fully saturated rings. The maximum atomic E-state index is 13.0. The zero-order valence-corrected chi connectivity index (χ0v) is 16.1. The molecule has 0 radical (unpaired) electrons. The van der Waals surface area contributed by atoms with Crippen molar-refractivity contribution in [1.29, 1.82) is 0 Å². The zero-order chi connectivity index (χ0) is 22.2. The zero-order valence-electron chi connectivity index (χ0n) is 15.4. The summed E-state index contributed by atoms with van der Waals surface area (Å²) in [5, 5.41) is 2.30. The molecule has 0 spiro atoms. The molecule has 0 aliphatic rings. The Morgan fingerprint density at radius 2 is 1.90 bits per heavy atom. The Hall–Kier alpha value is -3.79. The van der Waals surface area contributed by atoms with Crippen LogP contribution in [0.25, 0.3) is 11.2 Å². The number of nitrogens with zero attached hydrogens (tertiary/aromatic N) is 1. The van der Waals surface area contributed by atoms with Crippen LogP contribution in [0.5, 0.6) is 11.5 Å². The Bertz CT molecular complexity index is 1350. The monoisotopic (exact) mass is 448 g/mol. The number of hydrogen-bond acceptors (Lipinski definition) is 4. The molecule has 31 heavy (non-hydrogen) atoms. The summed E-state index contributed by atoms with van der Waals surface area (Å²) in [5.41, 5.74) is -0.756. The second-order valence-electron chi connectivity index (χ2n) is 6.42. The number of aromatic amines is 2. The van der Waals surface area contributed by atoms with Gasteiger partial charge in [-0.1, -0.05) is 17.7 Å². The van der Waals surface area contributed by atoms with Gasteiger partial charge in [0, 0.05) is 34.6 Å². The molecule has 0 aliphatic carbocycles. The summed E-state index contributed by atoms with van der Waals surface area (Å²) in [6.45, 7) is 0. The number of H-pyrrole nitrogens is 2. The van der Waals surface area contributed by atoms with Crippen molar-refractivity contribution in [2.45, 2.75) is 6.18 Å². The molecule has 7 nitrogen and oxygen atoms in total. The van der Waals surface area contributed by atoms with Gasteiger partial charge < -0.3 is 15.0 Å². The summed E-state index contributed by atoms with van der Waals surface area (Å²) in [6, 6.07) is 10.4. The fraction of sp³-hybridized carbons (Fsp3) is 0.0500. The van der Waals surface area contributed by atoms with Crippen LogP contribution in [-0.2, 0) is 6.18 Å². The summed E-state index contributed by atoms with van der Waals surface area (Å²) in [5.74, 6) is -0.141. The van der Waals surface area contributed by atoms with E-state index >= 15 is 0 Å². The number of ether oxygens (including phenoxy) is 1. The van der Waals surface area contributed by atoms with E-state index in [0.717, 1.165) is 18.2 Å². The quantitative estimate of drug-likeness (QED) is 0.410. The van der Waals surface area contributed by atoms with Crippen LogP contribution in [0.3, 0.4) is 0 Å². The Balaban J connectivity index is 1.57. The molecule has 0 atom stereocenters. The summed E-state index contributed by atoms with van der Waals surface area (Å²) in [7, 11) is 0. The molecule has 4 aromatic rings. The van der Waals surface area contributed by atoms with Gasteiger partial charge in [-0.05, 0) is 30.3 Å². The van der Waals surface area contributed by atoms with Gasteiger partial charge in [0.25, 0.3) is 5.91 Å². The van der Waals surface area contributed by atoms with Gasteiger partial charge >= 0.3 is 11.9 Å². The molecular formula is C20H12ClF3N4O3. The standard InChI is InChI=1S/C20H12ClF3N4O3/c21-12-7-10(6-11(8-12)20(22,23)24)18(29)26-13-2-1-3-14(9-13)31-15-4-5-25-17-16(15)27-19(30)28-17/h1-9H,(H,26,29)(H2,25,27,28,30). The molecule has 2 aromatic heterocycles. The number of benzene rings is 2. The van der Waals surface area contributed by atoms with Gasteiger partial charge in [-0.15, -0.1) is 0 Å². The summed E-state index contributed by atoms with van der Waals surface area (Å²) >= 11 is 5.74. The number of rotatable bonds is 4. The highest BCUT2D eigenvalue weighted by molar-refractivity contribution is 6.31. The highest BCUT2D eigenvalue weighted by Gasteiger charge is 2.31. The number of aromatic nitrogens is 3. The number of nitrogens with one attached hydrogen (secondary N) is 3. The number of anilines is 1. The van der Waals surface area contributed by atoms with Crippen molar-refractivity contribution in [2.75, 3.05) is 5.32 Å². The minimum Gasteiger partial charge on any atom is -0.455 e. The van der Waals surface area contributed by atoms with Gasteiger partial charge in [0.15, 0.2) is 11.4 Å². The Labute approximate surface area is 176 Å². The molecule has 2 heterocycles. The van der Waals surface area contributed by atoms with Crippen molar-refractivity contribution in [3.63, 3.8) is 0 Å². The number of fused-ring (bicyclic) bond motifs is 1. The van der Waals surface area contributed by atoms with E-state index in [4.69, 9.17) is 16.3 Å². The van der Waals surface area contributed by atoms with E-state index in [1.54, 1.807) is 24.3 Å². The predicted octanol–water partition coefficient (Wildman–Crippen LogP) is 4.97. The first kappa shape index (κ1) is 20.5. The van der Waals surface area contributed by atoms with Gasteiger partial charge in [-0.25, -0.2) is 9.78 Å². The van der Waals surface area contributed by atoms with Gasteiger partial charge in [-0.3, -0.25) is 9.78 Å². The molecule has 0 saturated heterocycles. The second kappa shape index (κ2) is 7.80. The summed E-state index contributed by atoms with van der Waals surface area (Å²) < 4.78 is 44.7. The summed E-state index contributed by atoms with van der Waals surface area (Å²) in [6.07, 6.45) is -3.19. The molecule has 158 valence electrons.